The average Bonchev–Trinajstić information content (AvgIpc) is 2.80. The third kappa shape index (κ3) is 4.26. The minimum atomic E-state index is -0.0246. The number of nitrogens with zero attached hydrogens (tertiary/aromatic N) is 1. The minimum absolute atomic E-state index is 0.0246. The molecule has 1 rings (SSSR count). The quantitative estimate of drug-likeness (QED) is 0.643. The summed E-state index contributed by atoms with van der Waals surface area (Å²) in [6.07, 6.45) is 1.08. The molecule has 0 aromatic heterocycles. The largest absolute Gasteiger partial charge is 0.379 e. The van der Waals surface area contributed by atoms with Gasteiger partial charge in [-0.15, -0.1) is 0 Å². The molecule has 100 valence electrons. The number of rotatable bonds is 7. The molecule has 0 saturated carbocycles. The van der Waals surface area contributed by atoms with Crippen LogP contribution in [0, 0.1) is 5.92 Å². The Morgan fingerprint density at radius 3 is 2.82 bits per heavy atom. The summed E-state index contributed by atoms with van der Waals surface area (Å²) in [5.41, 5.74) is 0. The minimum Gasteiger partial charge on any atom is -0.379 e. The fourth-order valence-electron chi connectivity index (χ4n) is 2.00. The van der Waals surface area contributed by atoms with Gasteiger partial charge in [-0.05, 0) is 20.0 Å². The van der Waals surface area contributed by atoms with Crippen LogP contribution in [0.4, 0.5) is 0 Å². The summed E-state index contributed by atoms with van der Waals surface area (Å²) >= 11 is 0. The summed E-state index contributed by atoms with van der Waals surface area (Å²) in [6, 6.07) is 0.180. The van der Waals surface area contributed by atoms with Crippen molar-refractivity contribution < 1.29 is 9.53 Å². The first-order valence-electron chi connectivity index (χ1n) is 6.41. The van der Waals surface area contributed by atoms with E-state index in [1.54, 1.807) is 4.90 Å². The maximum absolute atomic E-state index is 12.2. The molecule has 1 heterocycles. The van der Waals surface area contributed by atoms with Gasteiger partial charge in [-0.25, -0.2) is 0 Å². The van der Waals surface area contributed by atoms with Crippen molar-refractivity contribution >= 4 is 5.91 Å². The van der Waals surface area contributed by atoms with Crippen molar-refractivity contribution in [3.63, 3.8) is 0 Å². The molecule has 0 aliphatic carbocycles. The predicted molar refractivity (Wildman–Crippen MR) is 68.0 cm³/mol. The van der Waals surface area contributed by atoms with E-state index in [1.807, 2.05) is 14.1 Å². The van der Waals surface area contributed by atoms with E-state index >= 15 is 0 Å². The van der Waals surface area contributed by atoms with E-state index in [0.717, 1.165) is 26.1 Å². The number of nitrogens with one attached hydrogen (secondary N) is 2. The third-order valence-corrected chi connectivity index (χ3v) is 3.13. The summed E-state index contributed by atoms with van der Waals surface area (Å²) < 4.78 is 5.42. The standard InChI is InChI=1S/C12H25N3O2/c1-4-5-14-11-9-17-8-10(11)12(16)15(3)7-6-13-2/h10-11,13-14H,4-9H2,1-3H3. The predicted octanol–water partition coefficient (Wildman–Crippen LogP) is -0.321. The lowest BCUT2D eigenvalue weighted by molar-refractivity contribution is -0.134. The lowest BCUT2D eigenvalue weighted by Crippen LogP contribution is -2.46. The molecule has 1 fully saturated rings. The number of carbonyl (C=O) groups is 1. The molecule has 0 aromatic carbocycles. The highest BCUT2D eigenvalue weighted by Gasteiger charge is 2.34. The summed E-state index contributed by atoms with van der Waals surface area (Å²) in [4.78, 5) is 14.0. The molecule has 0 aromatic rings. The van der Waals surface area contributed by atoms with Crippen LogP contribution in [0.3, 0.4) is 0 Å². The molecule has 1 aliphatic rings. The Bertz CT molecular complexity index is 236. The Labute approximate surface area is 104 Å². The summed E-state index contributed by atoms with van der Waals surface area (Å²) in [5.74, 6) is 0.162. The van der Waals surface area contributed by atoms with Crippen molar-refractivity contribution in [3.05, 3.63) is 0 Å². The zero-order valence-electron chi connectivity index (χ0n) is 11.2. The summed E-state index contributed by atoms with van der Waals surface area (Å²) in [6.45, 7) is 5.83. The molecule has 1 amide bonds. The number of hydrogen-bond donors (Lipinski definition) is 2. The molecular weight excluding hydrogens is 218 g/mol. The van der Waals surface area contributed by atoms with E-state index < -0.39 is 0 Å². The monoisotopic (exact) mass is 243 g/mol. The zero-order chi connectivity index (χ0) is 12.7. The van der Waals surface area contributed by atoms with Crippen molar-refractivity contribution in [1.82, 2.24) is 15.5 Å². The molecule has 1 aliphatic heterocycles. The smallest absolute Gasteiger partial charge is 0.229 e. The lowest BCUT2D eigenvalue weighted by Gasteiger charge is -2.24. The van der Waals surface area contributed by atoms with Gasteiger partial charge in [-0.2, -0.15) is 0 Å². The van der Waals surface area contributed by atoms with Gasteiger partial charge in [0.2, 0.25) is 5.91 Å². The first-order valence-corrected chi connectivity index (χ1v) is 6.41. The molecule has 2 unspecified atom stereocenters. The molecule has 0 spiro atoms. The molecule has 2 N–H and O–H groups in total. The fourth-order valence-corrected chi connectivity index (χ4v) is 2.00. The van der Waals surface area contributed by atoms with Crippen LogP contribution < -0.4 is 10.6 Å². The van der Waals surface area contributed by atoms with Gasteiger partial charge < -0.3 is 20.3 Å². The maximum atomic E-state index is 12.2. The Balaban J connectivity index is 2.43. The van der Waals surface area contributed by atoms with Crippen LogP contribution in [0.15, 0.2) is 0 Å². The van der Waals surface area contributed by atoms with Crippen LogP contribution in [-0.2, 0) is 9.53 Å². The van der Waals surface area contributed by atoms with E-state index in [4.69, 9.17) is 4.74 Å². The Hall–Kier alpha value is -0.650. The summed E-state index contributed by atoms with van der Waals surface area (Å²) in [7, 11) is 3.75. The second kappa shape index (κ2) is 7.63. The molecular formula is C12H25N3O2. The molecule has 1 saturated heterocycles. The maximum Gasteiger partial charge on any atom is 0.229 e. The highest BCUT2D eigenvalue weighted by atomic mass is 16.5. The molecule has 2 atom stereocenters. The molecule has 0 bridgehead atoms. The van der Waals surface area contributed by atoms with Crippen molar-refractivity contribution in [3.8, 4) is 0 Å². The zero-order valence-corrected chi connectivity index (χ0v) is 11.2. The van der Waals surface area contributed by atoms with Gasteiger partial charge in [-0.1, -0.05) is 6.92 Å². The Morgan fingerprint density at radius 2 is 2.18 bits per heavy atom. The Kier molecular flexibility index (Phi) is 6.47. The van der Waals surface area contributed by atoms with Crippen LogP contribution in [0.5, 0.6) is 0 Å². The third-order valence-electron chi connectivity index (χ3n) is 3.13. The number of amides is 1. The van der Waals surface area contributed by atoms with Gasteiger partial charge in [0.05, 0.1) is 19.1 Å². The fraction of sp³-hybridized carbons (Fsp3) is 0.917. The van der Waals surface area contributed by atoms with Crippen molar-refractivity contribution in [2.24, 2.45) is 5.92 Å². The first-order chi connectivity index (χ1) is 8.20. The topological polar surface area (TPSA) is 53.6 Å². The van der Waals surface area contributed by atoms with Crippen LogP contribution >= 0.6 is 0 Å². The van der Waals surface area contributed by atoms with E-state index in [1.165, 1.54) is 0 Å². The number of likely N-dealkylation sites (N-methyl/N-ethyl adjacent to an activating group) is 2. The summed E-state index contributed by atoms with van der Waals surface area (Å²) in [5, 5.41) is 6.43. The second-order valence-electron chi connectivity index (χ2n) is 4.57. The Morgan fingerprint density at radius 1 is 1.41 bits per heavy atom. The lowest BCUT2D eigenvalue weighted by atomic mass is 10.0. The van der Waals surface area contributed by atoms with E-state index in [-0.39, 0.29) is 17.9 Å². The van der Waals surface area contributed by atoms with E-state index in [2.05, 4.69) is 17.6 Å². The SMILES string of the molecule is CCCNC1COCC1C(=O)N(C)CCNC. The van der Waals surface area contributed by atoms with Crippen molar-refractivity contribution in [1.29, 1.82) is 0 Å². The first kappa shape index (κ1) is 14.4. The average molecular weight is 243 g/mol. The van der Waals surface area contributed by atoms with Crippen LogP contribution in [0.2, 0.25) is 0 Å². The molecule has 17 heavy (non-hydrogen) atoms. The van der Waals surface area contributed by atoms with Crippen LogP contribution in [-0.4, -0.2) is 63.8 Å². The highest BCUT2D eigenvalue weighted by Crippen LogP contribution is 2.16. The van der Waals surface area contributed by atoms with Gasteiger partial charge in [-0.3, -0.25) is 4.79 Å². The van der Waals surface area contributed by atoms with Gasteiger partial charge in [0.25, 0.3) is 0 Å². The normalized spacial score (nSPS) is 23.9. The van der Waals surface area contributed by atoms with E-state index in [9.17, 15) is 4.79 Å². The van der Waals surface area contributed by atoms with Crippen molar-refractivity contribution in [2.75, 3.05) is 46.9 Å². The van der Waals surface area contributed by atoms with E-state index in [0.29, 0.717) is 13.2 Å². The van der Waals surface area contributed by atoms with Gasteiger partial charge in [0.15, 0.2) is 0 Å². The second-order valence-corrected chi connectivity index (χ2v) is 4.57. The van der Waals surface area contributed by atoms with Gasteiger partial charge >= 0.3 is 0 Å². The van der Waals surface area contributed by atoms with Crippen LogP contribution in [0.1, 0.15) is 13.3 Å². The molecule has 5 nitrogen and oxygen atoms in total. The molecule has 0 radical (unpaired) electrons. The number of hydrogen-bond acceptors (Lipinski definition) is 4. The number of carbonyl (C=O) groups excluding carboxylic acids is 1. The highest BCUT2D eigenvalue weighted by molar-refractivity contribution is 5.79. The number of ether oxygens (including phenoxy) is 1. The van der Waals surface area contributed by atoms with Crippen LogP contribution in [0.25, 0.3) is 0 Å². The molecule has 5 heteroatoms. The van der Waals surface area contributed by atoms with Gasteiger partial charge in [0.1, 0.15) is 0 Å². The van der Waals surface area contributed by atoms with Gasteiger partial charge in [0, 0.05) is 26.2 Å². The van der Waals surface area contributed by atoms with Crippen molar-refractivity contribution in [2.45, 2.75) is 19.4 Å².